The van der Waals surface area contributed by atoms with Gasteiger partial charge >= 0.3 is 0 Å². The second-order valence-electron chi connectivity index (χ2n) is 7.16. The molecule has 0 saturated carbocycles. The second-order valence-corrected chi connectivity index (χ2v) is 8.08. The van der Waals surface area contributed by atoms with E-state index in [2.05, 4.69) is 20.6 Å². The first kappa shape index (κ1) is 21.5. The van der Waals surface area contributed by atoms with Gasteiger partial charge in [0, 0.05) is 18.1 Å². The van der Waals surface area contributed by atoms with E-state index >= 15 is 0 Å². The zero-order valence-corrected chi connectivity index (χ0v) is 19.0. The molecule has 3 heterocycles. The SMILES string of the molecule is COc1ccc(NC(=O)CSc2nnc(-c3cnn(-c4ccccc4)c3-n3cccc3)o2)cc1. The lowest BCUT2D eigenvalue weighted by Gasteiger charge is -2.09. The molecular weight excluding hydrogens is 452 g/mol. The third-order valence-electron chi connectivity index (χ3n) is 4.93. The molecule has 2 aromatic carbocycles. The highest BCUT2D eigenvalue weighted by Crippen LogP contribution is 2.30. The molecule has 170 valence electrons. The van der Waals surface area contributed by atoms with E-state index in [1.165, 1.54) is 11.8 Å². The Morgan fingerprint density at radius 3 is 2.53 bits per heavy atom. The van der Waals surface area contributed by atoms with E-state index in [1.54, 1.807) is 37.6 Å². The molecular formula is C24H20N6O3S. The van der Waals surface area contributed by atoms with Crippen molar-refractivity contribution in [3.8, 4) is 28.7 Å². The number of nitrogens with zero attached hydrogens (tertiary/aromatic N) is 5. The smallest absolute Gasteiger partial charge is 0.277 e. The van der Waals surface area contributed by atoms with Crippen LogP contribution in [-0.4, -0.2) is 43.3 Å². The normalized spacial score (nSPS) is 10.9. The highest BCUT2D eigenvalue weighted by atomic mass is 32.2. The number of rotatable bonds is 8. The van der Waals surface area contributed by atoms with Gasteiger partial charge in [-0.25, -0.2) is 4.68 Å². The van der Waals surface area contributed by atoms with Gasteiger partial charge in [-0.1, -0.05) is 30.0 Å². The molecule has 5 aromatic rings. The number of thioether (sulfide) groups is 1. The van der Waals surface area contributed by atoms with Crippen LogP contribution >= 0.6 is 11.8 Å². The quantitative estimate of drug-likeness (QED) is 0.333. The third kappa shape index (κ3) is 4.57. The standard InChI is InChI=1S/C24H20N6O3S/c1-32-19-11-9-17(10-12-19)26-21(31)16-34-24-28-27-22(33-24)20-15-25-30(18-7-3-2-4-8-18)23(20)29-13-5-6-14-29/h2-15H,16H2,1H3,(H,26,31). The number of amides is 1. The summed E-state index contributed by atoms with van der Waals surface area (Å²) in [5, 5.41) is 16.0. The highest BCUT2D eigenvalue weighted by Gasteiger charge is 2.21. The molecule has 9 nitrogen and oxygen atoms in total. The summed E-state index contributed by atoms with van der Waals surface area (Å²) in [5.41, 5.74) is 2.27. The van der Waals surface area contributed by atoms with Gasteiger partial charge in [0.2, 0.25) is 5.91 Å². The Morgan fingerprint density at radius 2 is 1.79 bits per heavy atom. The molecule has 0 aliphatic carbocycles. The molecule has 0 aliphatic heterocycles. The van der Waals surface area contributed by atoms with Crippen molar-refractivity contribution in [3.63, 3.8) is 0 Å². The summed E-state index contributed by atoms with van der Waals surface area (Å²) in [6.45, 7) is 0. The summed E-state index contributed by atoms with van der Waals surface area (Å²) < 4.78 is 14.7. The molecule has 34 heavy (non-hydrogen) atoms. The van der Waals surface area contributed by atoms with Gasteiger partial charge in [0.25, 0.3) is 11.1 Å². The minimum Gasteiger partial charge on any atom is -0.497 e. The molecule has 0 atom stereocenters. The maximum Gasteiger partial charge on any atom is 0.277 e. The zero-order chi connectivity index (χ0) is 23.3. The first-order valence-electron chi connectivity index (χ1n) is 10.4. The van der Waals surface area contributed by atoms with Crippen LogP contribution in [0.5, 0.6) is 5.75 Å². The minimum atomic E-state index is -0.181. The van der Waals surface area contributed by atoms with Gasteiger partial charge in [-0.15, -0.1) is 10.2 Å². The number of anilines is 1. The number of carbonyl (C=O) groups excluding carboxylic acids is 1. The maximum atomic E-state index is 12.3. The Labute approximate surface area is 199 Å². The number of ether oxygens (including phenoxy) is 1. The fourth-order valence-corrected chi connectivity index (χ4v) is 3.91. The molecule has 3 aromatic heterocycles. The Balaban J connectivity index is 1.32. The number of para-hydroxylation sites is 1. The van der Waals surface area contributed by atoms with Crippen molar-refractivity contribution in [3.05, 3.63) is 85.3 Å². The first-order valence-corrected chi connectivity index (χ1v) is 11.4. The fraction of sp³-hybridized carbons (Fsp3) is 0.0833. The first-order chi connectivity index (χ1) is 16.7. The van der Waals surface area contributed by atoms with Gasteiger partial charge in [-0.2, -0.15) is 5.10 Å². The van der Waals surface area contributed by atoms with Gasteiger partial charge in [-0.05, 0) is 48.5 Å². The second kappa shape index (κ2) is 9.67. The number of hydrogen-bond acceptors (Lipinski definition) is 7. The number of nitrogens with one attached hydrogen (secondary N) is 1. The molecule has 0 spiro atoms. The summed E-state index contributed by atoms with van der Waals surface area (Å²) in [6.07, 6.45) is 5.55. The summed E-state index contributed by atoms with van der Waals surface area (Å²) in [5.74, 6) is 1.76. The maximum absolute atomic E-state index is 12.3. The number of hydrogen-bond donors (Lipinski definition) is 1. The molecule has 0 fully saturated rings. The summed E-state index contributed by atoms with van der Waals surface area (Å²) >= 11 is 1.17. The molecule has 1 N–H and O–H groups in total. The summed E-state index contributed by atoms with van der Waals surface area (Å²) in [6, 6.07) is 20.8. The molecule has 0 radical (unpaired) electrons. The lowest BCUT2D eigenvalue weighted by molar-refractivity contribution is -0.113. The Morgan fingerprint density at radius 1 is 1.03 bits per heavy atom. The van der Waals surface area contributed by atoms with Crippen molar-refractivity contribution >= 4 is 23.4 Å². The number of carbonyl (C=O) groups is 1. The van der Waals surface area contributed by atoms with Gasteiger partial charge in [0.05, 0.1) is 24.7 Å². The van der Waals surface area contributed by atoms with Crippen molar-refractivity contribution in [1.29, 1.82) is 0 Å². The fourth-order valence-electron chi connectivity index (χ4n) is 3.35. The highest BCUT2D eigenvalue weighted by molar-refractivity contribution is 7.99. The molecule has 1 amide bonds. The molecule has 0 saturated heterocycles. The number of methoxy groups -OCH3 is 1. The van der Waals surface area contributed by atoms with Gasteiger partial charge in [0.1, 0.15) is 11.3 Å². The zero-order valence-electron chi connectivity index (χ0n) is 18.2. The minimum absolute atomic E-state index is 0.126. The van der Waals surface area contributed by atoms with Crippen molar-refractivity contribution in [1.82, 2.24) is 24.5 Å². The predicted octanol–water partition coefficient (Wildman–Crippen LogP) is 4.45. The lowest BCUT2D eigenvalue weighted by atomic mass is 10.3. The third-order valence-corrected chi connectivity index (χ3v) is 5.75. The van der Waals surface area contributed by atoms with E-state index in [0.29, 0.717) is 22.4 Å². The topological polar surface area (TPSA) is 100 Å². The summed E-state index contributed by atoms with van der Waals surface area (Å²) in [4.78, 5) is 12.3. The largest absolute Gasteiger partial charge is 0.497 e. The van der Waals surface area contributed by atoms with Crippen molar-refractivity contribution in [2.75, 3.05) is 18.2 Å². The van der Waals surface area contributed by atoms with Crippen molar-refractivity contribution < 1.29 is 13.9 Å². The van der Waals surface area contributed by atoms with E-state index < -0.39 is 0 Å². The van der Waals surface area contributed by atoms with Crippen LogP contribution in [0.2, 0.25) is 0 Å². The van der Waals surface area contributed by atoms with Crippen LogP contribution < -0.4 is 10.1 Å². The average Bonchev–Trinajstić information content (AvgIpc) is 3.64. The molecule has 5 rings (SSSR count). The van der Waals surface area contributed by atoms with Gasteiger partial charge in [0.15, 0.2) is 5.82 Å². The van der Waals surface area contributed by atoms with Crippen LogP contribution in [0.25, 0.3) is 23.0 Å². The molecule has 0 bridgehead atoms. The van der Waals surface area contributed by atoms with Crippen LogP contribution in [-0.2, 0) is 4.79 Å². The number of aromatic nitrogens is 5. The van der Waals surface area contributed by atoms with Crippen LogP contribution in [0.1, 0.15) is 0 Å². The monoisotopic (exact) mass is 472 g/mol. The Kier molecular flexibility index (Phi) is 6.13. The van der Waals surface area contributed by atoms with Crippen LogP contribution in [0, 0.1) is 0 Å². The summed E-state index contributed by atoms with van der Waals surface area (Å²) in [7, 11) is 1.59. The van der Waals surface area contributed by atoms with Crippen molar-refractivity contribution in [2.45, 2.75) is 5.22 Å². The van der Waals surface area contributed by atoms with E-state index in [0.717, 1.165) is 17.3 Å². The van der Waals surface area contributed by atoms with Gasteiger partial charge in [-0.3, -0.25) is 4.79 Å². The van der Waals surface area contributed by atoms with E-state index in [9.17, 15) is 4.79 Å². The predicted molar refractivity (Wildman–Crippen MR) is 129 cm³/mol. The average molecular weight is 473 g/mol. The van der Waals surface area contributed by atoms with Gasteiger partial charge < -0.3 is 19.0 Å². The Hall–Kier alpha value is -4.31. The van der Waals surface area contributed by atoms with Crippen LogP contribution in [0.15, 0.2) is 95.0 Å². The van der Waals surface area contributed by atoms with E-state index in [4.69, 9.17) is 9.15 Å². The van der Waals surface area contributed by atoms with E-state index in [-0.39, 0.29) is 11.7 Å². The lowest BCUT2D eigenvalue weighted by Crippen LogP contribution is -2.13. The van der Waals surface area contributed by atoms with Crippen LogP contribution in [0.4, 0.5) is 5.69 Å². The number of benzene rings is 2. The molecule has 0 unspecified atom stereocenters. The molecule has 10 heteroatoms. The Bertz CT molecular complexity index is 1380. The van der Waals surface area contributed by atoms with E-state index in [1.807, 2.05) is 64.1 Å². The van der Waals surface area contributed by atoms with Crippen molar-refractivity contribution in [2.24, 2.45) is 0 Å². The molecule has 0 aliphatic rings. The van der Waals surface area contributed by atoms with Crippen LogP contribution in [0.3, 0.4) is 0 Å².